The van der Waals surface area contributed by atoms with Crippen LogP contribution in [0.15, 0.2) is 60.7 Å². The van der Waals surface area contributed by atoms with Crippen molar-refractivity contribution in [2.45, 2.75) is 0 Å². The predicted octanol–water partition coefficient (Wildman–Crippen LogP) is 4.51. The summed E-state index contributed by atoms with van der Waals surface area (Å²) in [6.45, 7) is 0. The van der Waals surface area contributed by atoms with Crippen LogP contribution in [0.4, 0.5) is 5.69 Å². The Bertz CT molecular complexity index is 1190. The average molecular weight is 403 g/mol. The number of anilines is 1. The van der Waals surface area contributed by atoms with Gasteiger partial charge in [-0.3, -0.25) is 9.89 Å². The molecular formula is C23H21N3O4. The first-order chi connectivity index (χ1) is 14.6. The smallest absolute Gasteiger partial charge is 0.273 e. The lowest BCUT2D eigenvalue weighted by molar-refractivity contribution is 0.102. The Morgan fingerprint density at radius 3 is 2.30 bits per heavy atom. The number of nitrogens with zero attached hydrogens (tertiary/aromatic N) is 1. The molecule has 7 nitrogen and oxygen atoms in total. The van der Waals surface area contributed by atoms with Crippen LogP contribution in [0.5, 0.6) is 17.2 Å². The SMILES string of the molecule is COc1cc(NC(=O)c2cc(-c3cccc4ccccc34)n[nH]2)cc(OC)c1OC. The number of hydrogen-bond acceptors (Lipinski definition) is 5. The molecule has 0 aliphatic carbocycles. The zero-order valence-corrected chi connectivity index (χ0v) is 16.9. The summed E-state index contributed by atoms with van der Waals surface area (Å²) in [5, 5.41) is 12.2. The summed E-state index contributed by atoms with van der Waals surface area (Å²) in [5.41, 5.74) is 2.50. The molecule has 0 atom stereocenters. The number of carbonyl (C=O) groups excluding carboxylic acids is 1. The van der Waals surface area contributed by atoms with Gasteiger partial charge in [0.2, 0.25) is 5.75 Å². The third-order valence-electron chi connectivity index (χ3n) is 4.81. The lowest BCUT2D eigenvalue weighted by atomic mass is 10.0. The predicted molar refractivity (Wildman–Crippen MR) is 116 cm³/mol. The Morgan fingerprint density at radius 2 is 1.60 bits per heavy atom. The molecule has 0 unspecified atom stereocenters. The van der Waals surface area contributed by atoms with Gasteiger partial charge in [0.05, 0.1) is 27.0 Å². The van der Waals surface area contributed by atoms with Crippen molar-refractivity contribution in [1.29, 1.82) is 0 Å². The summed E-state index contributed by atoms with van der Waals surface area (Å²) >= 11 is 0. The molecule has 0 fully saturated rings. The largest absolute Gasteiger partial charge is 0.493 e. The number of benzene rings is 3. The van der Waals surface area contributed by atoms with Crippen LogP contribution in [-0.2, 0) is 0 Å². The maximum Gasteiger partial charge on any atom is 0.273 e. The van der Waals surface area contributed by atoms with Crippen molar-refractivity contribution in [3.05, 3.63) is 66.4 Å². The van der Waals surface area contributed by atoms with Gasteiger partial charge in [-0.2, -0.15) is 5.10 Å². The van der Waals surface area contributed by atoms with Gasteiger partial charge in [0.1, 0.15) is 5.69 Å². The molecule has 1 amide bonds. The highest BCUT2D eigenvalue weighted by molar-refractivity contribution is 6.04. The second-order valence-electron chi connectivity index (χ2n) is 6.56. The van der Waals surface area contributed by atoms with E-state index in [-0.39, 0.29) is 5.91 Å². The van der Waals surface area contributed by atoms with Gasteiger partial charge in [-0.15, -0.1) is 0 Å². The van der Waals surface area contributed by atoms with Gasteiger partial charge in [0.25, 0.3) is 5.91 Å². The van der Waals surface area contributed by atoms with Crippen LogP contribution in [0.1, 0.15) is 10.5 Å². The van der Waals surface area contributed by atoms with Gasteiger partial charge in [-0.1, -0.05) is 42.5 Å². The highest BCUT2D eigenvalue weighted by Crippen LogP contribution is 2.40. The lowest BCUT2D eigenvalue weighted by Crippen LogP contribution is -2.12. The Labute approximate surface area is 173 Å². The van der Waals surface area contributed by atoms with E-state index in [9.17, 15) is 4.79 Å². The first-order valence-electron chi connectivity index (χ1n) is 9.29. The second-order valence-corrected chi connectivity index (χ2v) is 6.56. The summed E-state index contributed by atoms with van der Waals surface area (Å²) in [4.78, 5) is 12.8. The molecule has 0 bridgehead atoms. The molecule has 1 aromatic heterocycles. The normalized spacial score (nSPS) is 10.6. The number of hydrogen-bond donors (Lipinski definition) is 2. The van der Waals surface area contributed by atoms with Crippen LogP contribution >= 0.6 is 0 Å². The van der Waals surface area contributed by atoms with Gasteiger partial charge in [0.15, 0.2) is 11.5 Å². The summed E-state index contributed by atoms with van der Waals surface area (Å²) in [7, 11) is 4.57. The van der Waals surface area contributed by atoms with E-state index in [0.29, 0.717) is 34.3 Å². The first-order valence-corrected chi connectivity index (χ1v) is 9.29. The van der Waals surface area contributed by atoms with E-state index in [2.05, 4.69) is 15.5 Å². The van der Waals surface area contributed by atoms with Crippen LogP contribution < -0.4 is 19.5 Å². The van der Waals surface area contributed by atoms with Crippen LogP contribution in [-0.4, -0.2) is 37.4 Å². The number of fused-ring (bicyclic) bond motifs is 1. The maximum atomic E-state index is 12.8. The third-order valence-corrected chi connectivity index (χ3v) is 4.81. The maximum absolute atomic E-state index is 12.8. The Kier molecular flexibility index (Phi) is 5.26. The highest BCUT2D eigenvalue weighted by atomic mass is 16.5. The number of ether oxygens (including phenoxy) is 3. The van der Waals surface area contributed by atoms with Gasteiger partial charge >= 0.3 is 0 Å². The monoisotopic (exact) mass is 403 g/mol. The van der Waals surface area contributed by atoms with E-state index in [1.54, 1.807) is 18.2 Å². The first kappa shape index (κ1) is 19.3. The molecule has 1 heterocycles. The zero-order chi connectivity index (χ0) is 21.1. The molecule has 0 saturated heterocycles. The Hall–Kier alpha value is -4.00. The molecule has 3 aromatic carbocycles. The summed E-state index contributed by atoms with van der Waals surface area (Å²) in [5.74, 6) is 1.03. The average Bonchev–Trinajstić information content (AvgIpc) is 3.28. The minimum Gasteiger partial charge on any atom is -0.493 e. The van der Waals surface area contributed by atoms with E-state index in [1.807, 2.05) is 42.5 Å². The van der Waals surface area contributed by atoms with Gasteiger partial charge in [-0.25, -0.2) is 0 Å². The second kappa shape index (κ2) is 8.16. The molecule has 0 aliphatic rings. The van der Waals surface area contributed by atoms with Crippen LogP contribution in [0, 0.1) is 0 Å². The standard InChI is InChI=1S/C23H21N3O4/c1-28-20-11-15(12-21(29-2)22(20)30-3)24-23(27)19-13-18(25-26-19)17-10-6-8-14-7-4-5-9-16(14)17/h4-13H,1-3H3,(H,24,27)(H,25,26). The number of aromatic nitrogens is 2. The number of H-pyrrole nitrogens is 1. The van der Waals surface area contributed by atoms with Crippen LogP contribution in [0.25, 0.3) is 22.0 Å². The quantitative estimate of drug-likeness (QED) is 0.495. The van der Waals surface area contributed by atoms with Crippen molar-refractivity contribution in [2.24, 2.45) is 0 Å². The molecule has 0 radical (unpaired) electrons. The summed E-state index contributed by atoms with van der Waals surface area (Å²) in [6, 6.07) is 19.1. The number of amides is 1. The fourth-order valence-corrected chi connectivity index (χ4v) is 3.38. The molecule has 0 aliphatic heterocycles. The third kappa shape index (κ3) is 3.53. The molecule has 30 heavy (non-hydrogen) atoms. The number of rotatable bonds is 6. The lowest BCUT2D eigenvalue weighted by Gasteiger charge is -2.14. The van der Waals surface area contributed by atoms with Crippen molar-refractivity contribution in [3.63, 3.8) is 0 Å². The molecule has 4 rings (SSSR count). The fraction of sp³-hybridized carbons (Fsp3) is 0.130. The van der Waals surface area contributed by atoms with Gasteiger partial charge in [-0.05, 0) is 16.8 Å². The van der Waals surface area contributed by atoms with Crippen molar-refractivity contribution >= 4 is 22.4 Å². The van der Waals surface area contributed by atoms with Crippen LogP contribution in [0.2, 0.25) is 0 Å². The molecule has 7 heteroatoms. The molecule has 152 valence electrons. The van der Waals surface area contributed by atoms with E-state index in [0.717, 1.165) is 16.3 Å². The number of methoxy groups -OCH3 is 3. The fourth-order valence-electron chi connectivity index (χ4n) is 3.38. The topological polar surface area (TPSA) is 85.5 Å². The summed E-state index contributed by atoms with van der Waals surface area (Å²) < 4.78 is 16.0. The van der Waals surface area contributed by atoms with Gasteiger partial charge < -0.3 is 19.5 Å². The minimum atomic E-state index is -0.330. The van der Waals surface area contributed by atoms with Crippen molar-refractivity contribution in [3.8, 4) is 28.5 Å². The Morgan fingerprint density at radius 1 is 0.900 bits per heavy atom. The van der Waals surface area contributed by atoms with Crippen molar-refractivity contribution in [1.82, 2.24) is 10.2 Å². The molecular weight excluding hydrogens is 382 g/mol. The van der Waals surface area contributed by atoms with Crippen molar-refractivity contribution < 1.29 is 19.0 Å². The van der Waals surface area contributed by atoms with Crippen LogP contribution in [0.3, 0.4) is 0 Å². The van der Waals surface area contributed by atoms with E-state index in [4.69, 9.17) is 14.2 Å². The van der Waals surface area contributed by atoms with E-state index in [1.165, 1.54) is 21.3 Å². The molecule has 0 saturated carbocycles. The van der Waals surface area contributed by atoms with E-state index >= 15 is 0 Å². The minimum absolute atomic E-state index is 0.330. The molecule has 0 spiro atoms. The molecule has 2 N–H and O–H groups in total. The van der Waals surface area contributed by atoms with Crippen molar-refractivity contribution in [2.75, 3.05) is 26.6 Å². The Balaban J connectivity index is 1.62. The zero-order valence-electron chi connectivity index (χ0n) is 16.9. The summed E-state index contributed by atoms with van der Waals surface area (Å²) in [6.07, 6.45) is 0. The number of carbonyl (C=O) groups is 1. The number of nitrogens with one attached hydrogen (secondary N) is 2. The van der Waals surface area contributed by atoms with E-state index < -0.39 is 0 Å². The van der Waals surface area contributed by atoms with Gasteiger partial charge in [0, 0.05) is 23.4 Å². The number of aromatic amines is 1. The molecule has 4 aromatic rings. The highest BCUT2D eigenvalue weighted by Gasteiger charge is 2.17.